The molecule has 1 aliphatic rings. The molecular formula is C31H33N5O6S. The summed E-state index contributed by atoms with van der Waals surface area (Å²) in [5, 5.41) is 33.4. The number of aliphatic carboxylic acids is 1. The molecule has 5 rings (SSSR count). The first kappa shape index (κ1) is 30.4. The number of carboxylic acids is 1. The van der Waals surface area contributed by atoms with Gasteiger partial charge in [-0.1, -0.05) is 78.5 Å². The van der Waals surface area contributed by atoms with Crippen LogP contribution in [0.4, 0.5) is 0 Å². The lowest BCUT2D eigenvalue weighted by molar-refractivity contribution is -0.245. The van der Waals surface area contributed by atoms with E-state index in [2.05, 4.69) is 20.8 Å². The zero-order valence-corrected chi connectivity index (χ0v) is 24.4. The van der Waals surface area contributed by atoms with E-state index in [0.29, 0.717) is 23.9 Å². The van der Waals surface area contributed by atoms with Crippen molar-refractivity contribution in [1.82, 2.24) is 25.5 Å². The van der Waals surface area contributed by atoms with E-state index in [4.69, 9.17) is 14.6 Å². The summed E-state index contributed by atoms with van der Waals surface area (Å²) in [6.45, 7) is 0.303. The van der Waals surface area contributed by atoms with Crippen molar-refractivity contribution < 1.29 is 29.3 Å². The number of aliphatic hydroxyl groups excluding tert-OH is 1. The Balaban J connectivity index is 1.28. The van der Waals surface area contributed by atoms with Crippen LogP contribution in [0.15, 0.2) is 78.0 Å². The summed E-state index contributed by atoms with van der Waals surface area (Å²) in [4.78, 5) is 22.6. The number of thioether (sulfide) groups is 1. The number of rotatable bonds is 12. The average Bonchev–Trinajstić information content (AvgIpc) is 3.46. The van der Waals surface area contributed by atoms with E-state index < -0.39 is 12.3 Å². The number of amides is 1. The van der Waals surface area contributed by atoms with E-state index in [-0.39, 0.29) is 37.6 Å². The van der Waals surface area contributed by atoms with Crippen molar-refractivity contribution in [1.29, 1.82) is 0 Å². The highest BCUT2D eigenvalue weighted by Crippen LogP contribution is 2.39. The smallest absolute Gasteiger partial charge is 0.303 e. The van der Waals surface area contributed by atoms with Gasteiger partial charge >= 0.3 is 5.97 Å². The van der Waals surface area contributed by atoms with E-state index in [9.17, 15) is 14.7 Å². The first-order chi connectivity index (χ1) is 20.9. The fourth-order valence-corrected chi connectivity index (χ4v) is 5.60. The molecule has 3 N–H and O–H groups in total. The molecule has 0 unspecified atom stereocenters. The summed E-state index contributed by atoms with van der Waals surface area (Å²) in [5.74, 6) is -0.639. The Bertz CT molecular complexity index is 1530. The zero-order chi connectivity index (χ0) is 30.2. The molecule has 11 nitrogen and oxygen atoms in total. The number of nitrogens with zero attached hydrogens (tertiary/aromatic N) is 4. The molecule has 224 valence electrons. The number of nitrogens with one attached hydrogen (secondary N) is 1. The van der Waals surface area contributed by atoms with E-state index >= 15 is 0 Å². The van der Waals surface area contributed by atoms with Crippen molar-refractivity contribution >= 4 is 23.6 Å². The van der Waals surface area contributed by atoms with Gasteiger partial charge in [0, 0.05) is 37.8 Å². The minimum absolute atomic E-state index is 0.0147. The quantitative estimate of drug-likeness (QED) is 0.201. The second-order valence-corrected chi connectivity index (χ2v) is 11.2. The largest absolute Gasteiger partial charge is 0.481 e. The second kappa shape index (κ2) is 14.4. The Labute approximate surface area is 253 Å². The van der Waals surface area contributed by atoms with Gasteiger partial charge in [-0.25, -0.2) is 4.68 Å². The second-order valence-electron chi connectivity index (χ2n) is 10.2. The predicted octanol–water partition coefficient (Wildman–Crippen LogP) is 4.19. The molecule has 3 atom stereocenters. The van der Waals surface area contributed by atoms with Crippen LogP contribution in [-0.2, 0) is 39.3 Å². The minimum atomic E-state index is -0.995. The fourth-order valence-electron chi connectivity index (χ4n) is 4.74. The maximum absolute atomic E-state index is 11.9. The highest BCUT2D eigenvalue weighted by Gasteiger charge is 2.32. The highest BCUT2D eigenvalue weighted by atomic mass is 32.2. The van der Waals surface area contributed by atoms with Gasteiger partial charge in [-0.15, -0.1) is 5.10 Å². The molecule has 0 bridgehead atoms. The van der Waals surface area contributed by atoms with Gasteiger partial charge < -0.3 is 25.0 Å². The Hall–Kier alpha value is -4.10. The van der Waals surface area contributed by atoms with Crippen LogP contribution in [0.3, 0.4) is 0 Å². The van der Waals surface area contributed by atoms with Gasteiger partial charge in [0.2, 0.25) is 11.1 Å². The van der Waals surface area contributed by atoms with Gasteiger partial charge in [-0.3, -0.25) is 9.59 Å². The van der Waals surface area contributed by atoms with E-state index in [1.807, 2.05) is 72.8 Å². The lowest BCUT2D eigenvalue weighted by Gasteiger charge is -2.36. The molecule has 4 aromatic rings. The van der Waals surface area contributed by atoms with Crippen LogP contribution in [-0.4, -0.2) is 54.2 Å². The molecule has 1 saturated heterocycles. The molecule has 43 heavy (non-hydrogen) atoms. The third kappa shape index (κ3) is 8.26. The molecule has 1 aromatic heterocycles. The Morgan fingerprint density at radius 2 is 1.74 bits per heavy atom. The SMILES string of the molecule is Cn1nnnc1SC[C@@H]1C[C@H](c2ccc(CO)cc2)O[C@H](c2ccc(-c3cccc(CNC(=O)CCC(=O)O)c3)cc2)O1. The van der Waals surface area contributed by atoms with Gasteiger partial charge in [0.15, 0.2) is 6.29 Å². The number of carbonyl (C=O) groups is 2. The number of tetrazole rings is 1. The van der Waals surface area contributed by atoms with Crippen LogP contribution >= 0.6 is 11.8 Å². The number of carboxylic acid groups (broad SMARTS) is 1. The summed E-state index contributed by atoms with van der Waals surface area (Å²) in [6.07, 6.45) is -0.483. The van der Waals surface area contributed by atoms with Crippen molar-refractivity contribution in [3.63, 3.8) is 0 Å². The standard InChI is InChI=1S/C31H33N5O6S/c1-36-31(33-34-35-36)43-19-26-16-27(23-7-5-20(18-37)6-8-23)42-30(41-26)24-11-9-22(10-12-24)25-4-2-3-21(15-25)17-32-28(38)13-14-29(39)40/h2-12,15,26-27,30,37H,13-14,16-19H2,1H3,(H,32,38)(H,39,40)/t26-,27+,30+/m0/s1. The van der Waals surface area contributed by atoms with Gasteiger partial charge in [-0.2, -0.15) is 0 Å². The van der Waals surface area contributed by atoms with Crippen LogP contribution in [0.25, 0.3) is 11.1 Å². The van der Waals surface area contributed by atoms with Gasteiger partial charge in [-0.05, 0) is 44.3 Å². The number of carbonyl (C=O) groups excluding carboxylic acids is 1. The van der Waals surface area contributed by atoms with E-state index in [1.54, 1.807) is 11.7 Å². The van der Waals surface area contributed by atoms with E-state index in [0.717, 1.165) is 33.4 Å². The maximum Gasteiger partial charge on any atom is 0.303 e. The molecule has 1 aliphatic heterocycles. The minimum Gasteiger partial charge on any atom is -0.481 e. The average molecular weight is 604 g/mol. The van der Waals surface area contributed by atoms with Crippen LogP contribution in [0.2, 0.25) is 0 Å². The number of hydrogen-bond acceptors (Lipinski definition) is 9. The zero-order valence-electron chi connectivity index (χ0n) is 23.6. The summed E-state index contributed by atoms with van der Waals surface area (Å²) >= 11 is 1.53. The fraction of sp³-hybridized carbons (Fsp3) is 0.323. The maximum atomic E-state index is 11.9. The molecule has 1 amide bonds. The molecule has 0 aliphatic carbocycles. The first-order valence-electron chi connectivity index (χ1n) is 13.9. The topological polar surface area (TPSA) is 149 Å². The van der Waals surface area contributed by atoms with Gasteiger partial charge in [0.25, 0.3) is 0 Å². The van der Waals surface area contributed by atoms with Crippen molar-refractivity contribution in [3.05, 3.63) is 95.1 Å². The number of hydrogen-bond donors (Lipinski definition) is 3. The molecule has 0 spiro atoms. The number of aryl methyl sites for hydroxylation is 1. The number of ether oxygens (including phenoxy) is 2. The van der Waals surface area contributed by atoms with Gasteiger partial charge in [0.05, 0.1) is 25.2 Å². The molecule has 2 heterocycles. The molecule has 12 heteroatoms. The van der Waals surface area contributed by atoms with Crippen LogP contribution in [0, 0.1) is 0 Å². The number of benzene rings is 3. The van der Waals surface area contributed by atoms with Crippen LogP contribution in [0.5, 0.6) is 0 Å². The first-order valence-corrected chi connectivity index (χ1v) is 14.9. The van der Waals surface area contributed by atoms with Crippen LogP contribution < -0.4 is 5.32 Å². The molecule has 0 radical (unpaired) electrons. The highest BCUT2D eigenvalue weighted by molar-refractivity contribution is 7.99. The van der Waals surface area contributed by atoms with Crippen molar-refractivity contribution in [3.8, 4) is 11.1 Å². The van der Waals surface area contributed by atoms with Crippen molar-refractivity contribution in [2.75, 3.05) is 5.75 Å². The lowest BCUT2D eigenvalue weighted by Crippen LogP contribution is -2.31. The molecule has 1 fully saturated rings. The normalized spacial score (nSPS) is 18.3. The third-order valence-corrected chi connectivity index (χ3v) is 8.24. The van der Waals surface area contributed by atoms with Crippen molar-refractivity contribution in [2.24, 2.45) is 7.05 Å². The Morgan fingerprint density at radius 1 is 0.977 bits per heavy atom. The summed E-state index contributed by atoms with van der Waals surface area (Å²) in [7, 11) is 1.80. The monoisotopic (exact) mass is 603 g/mol. The lowest BCUT2D eigenvalue weighted by atomic mass is 9.99. The predicted molar refractivity (Wildman–Crippen MR) is 159 cm³/mol. The van der Waals surface area contributed by atoms with Crippen LogP contribution in [0.1, 0.15) is 53.9 Å². The molecule has 0 saturated carbocycles. The number of aromatic nitrogens is 4. The number of aliphatic hydroxyl groups is 1. The summed E-state index contributed by atoms with van der Waals surface area (Å²) in [6, 6.07) is 23.6. The Morgan fingerprint density at radius 3 is 2.44 bits per heavy atom. The molecular weight excluding hydrogens is 570 g/mol. The third-order valence-electron chi connectivity index (χ3n) is 7.09. The Kier molecular flexibility index (Phi) is 10.2. The summed E-state index contributed by atoms with van der Waals surface area (Å²) in [5.41, 5.74) is 5.65. The van der Waals surface area contributed by atoms with E-state index in [1.165, 1.54) is 11.8 Å². The van der Waals surface area contributed by atoms with Gasteiger partial charge in [0.1, 0.15) is 0 Å². The van der Waals surface area contributed by atoms with Crippen molar-refractivity contribution in [2.45, 2.75) is 56.1 Å². The summed E-state index contributed by atoms with van der Waals surface area (Å²) < 4.78 is 14.5. The molecule has 3 aromatic carbocycles.